The van der Waals surface area contributed by atoms with E-state index in [-0.39, 0.29) is 18.2 Å². The first-order chi connectivity index (χ1) is 9.18. The fourth-order valence-corrected chi connectivity index (χ4v) is 3.16. The summed E-state index contributed by atoms with van der Waals surface area (Å²) in [5.74, 6) is -0.141. The Labute approximate surface area is 111 Å². The molecule has 100 valence electrons. The van der Waals surface area contributed by atoms with Crippen LogP contribution < -0.4 is 10.6 Å². The van der Waals surface area contributed by atoms with Gasteiger partial charge >= 0.3 is 0 Å². The number of rotatable bonds is 1. The minimum Gasteiger partial charge on any atom is -0.379 e. The second-order valence-electron chi connectivity index (χ2n) is 5.00. The molecule has 0 aromatic heterocycles. The Kier molecular flexibility index (Phi) is 2.78. The smallest absolute Gasteiger partial charge is 0.237 e. The molecule has 1 saturated heterocycles. The zero-order valence-corrected chi connectivity index (χ0v) is 10.7. The number of hydrogen-bond donors (Lipinski definition) is 2. The molecular weight excluding hydrogens is 244 g/mol. The quantitative estimate of drug-likeness (QED) is 0.785. The Morgan fingerprint density at radius 2 is 2.11 bits per heavy atom. The molecule has 1 spiro atoms. The molecule has 2 atom stereocenters. The van der Waals surface area contributed by atoms with Crippen LogP contribution >= 0.6 is 0 Å². The van der Waals surface area contributed by atoms with E-state index < -0.39 is 11.5 Å². The summed E-state index contributed by atoms with van der Waals surface area (Å²) >= 11 is 0. The lowest BCUT2D eigenvalue weighted by atomic mass is 9.73. The number of amides is 2. The van der Waals surface area contributed by atoms with Gasteiger partial charge in [-0.2, -0.15) is 0 Å². The number of benzene rings is 1. The van der Waals surface area contributed by atoms with Crippen LogP contribution in [0.3, 0.4) is 0 Å². The molecule has 0 aliphatic carbocycles. The molecule has 2 aliphatic heterocycles. The van der Waals surface area contributed by atoms with E-state index in [1.165, 1.54) is 0 Å². The van der Waals surface area contributed by atoms with Gasteiger partial charge in [-0.15, -0.1) is 0 Å². The van der Waals surface area contributed by atoms with Gasteiger partial charge in [0.2, 0.25) is 11.8 Å². The highest BCUT2D eigenvalue weighted by Crippen LogP contribution is 2.45. The maximum absolute atomic E-state index is 12.5. The molecule has 0 bridgehead atoms. The van der Waals surface area contributed by atoms with Crippen LogP contribution in [0, 0.1) is 0 Å². The molecule has 3 rings (SSSR count). The van der Waals surface area contributed by atoms with Crippen LogP contribution in [0.25, 0.3) is 0 Å². The van der Waals surface area contributed by atoms with E-state index in [9.17, 15) is 9.59 Å². The van der Waals surface area contributed by atoms with E-state index >= 15 is 0 Å². The molecule has 5 nitrogen and oxygen atoms in total. The van der Waals surface area contributed by atoms with Gasteiger partial charge in [-0.05, 0) is 18.1 Å². The molecule has 5 heteroatoms. The molecule has 19 heavy (non-hydrogen) atoms. The Hall–Kier alpha value is -1.88. The first kappa shape index (κ1) is 12.2. The maximum atomic E-state index is 12.5. The number of fused-ring (bicyclic) bond motifs is 2. The maximum Gasteiger partial charge on any atom is 0.237 e. The van der Waals surface area contributed by atoms with Crippen molar-refractivity contribution >= 4 is 17.5 Å². The molecule has 2 amide bonds. The molecule has 0 saturated carbocycles. The number of anilines is 1. The van der Waals surface area contributed by atoms with Crippen molar-refractivity contribution in [3.05, 3.63) is 29.8 Å². The van der Waals surface area contributed by atoms with Crippen molar-refractivity contribution in [3.8, 4) is 0 Å². The molecule has 2 heterocycles. The standard InChI is InChI=1S/C14H16N2O3/c1-19-11-8-12(17)15-7-6-14(11)9-4-2-3-5-10(9)16-13(14)18/h2-5,11H,6-8H2,1H3,(H,15,17)(H,16,18). The molecule has 1 aromatic rings. The van der Waals surface area contributed by atoms with Crippen LogP contribution in [-0.2, 0) is 19.7 Å². The van der Waals surface area contributed by atoms with Crippen molar-refractivity contribution in [2.24, 2.45) is 0 Å². The molecule has 2 aliphatic rings. The summed E-state index contributed by atoms with van der Waals surface area (Å²) in [5, 5.41) is 5.72. The van der Waals surface area contributed by atoms with Gasteiger partial charge < -0.3 is 15.4 Å². The molecule has 2 unspecified atom stereocenters. The summed E-state index contributed by atoms with van der Waals surface area (Å²) in [6, 6.07) is 7.62. The molecule has 2 N–H and O–H groups in total. The molecule has 0 radical (unpaired) electrons. The normalized spacial score (nSPS) is 29.6. The number of methoxy groups -OCH3 is 1. The van der Waals surface area contributed by atoms with E-state index in [0.717, 1.165) is 11.3 Å². The molecule has 1 aromatic carbocycles. The van der Waals surface area contributed by atoms with Gasteiger partial charge in [0, 0.05) is 19.3 Å². The lowest BCUT2D eigenvalue weighted by molar-refractivity contribution is -0.128. The summed E-state index contributed by atoms with van der Waals surface area (Å²) in [7, 11) is 1.55. The van der Waals surface area contributed by atoms with Crippen LogP contribution in [0.5, 0.6) is 0 Å². The first-order valence-corrected chi connectivity index (χ1v) is 6.39. The van der Waals surface area contributed by atoms with Gasteiger partial charge in [-0.25, -0.2) is 0 Å². The second kappa shape index (κ2) is 4.35. The number of carbonyl (C=O) groups is 2. The van der Waals surface area contributed by atoms with E-state index in [0.29, 0.717) is 13.0 Å². The fraction of sp³-hybridized carbons (Fsp3) is 0.429. The highest BCUT2D eigenvalue weighted by molar-refractivity contribution is 6.07. The van der Waals surface area contributed by atoms with Gasteiger partial charge in [-0.3, -0.25) is 9.59 Å². The van der Waals surface area contributed by atoms with Crippen molar-refractivity contribution in [2.75, 3.05) is 19.0 Å². The number of ether oxygens (including phenoxy) is 1. The van der Waals surface area contributed by atoms with E-state index in [1.807, 2.05) is 24.3 Å². The van der Waals surface area contributed by atoms with Crippen LogP contribution in [0.2, 0.25) is 0 Å². The average molecular weight is 260 g/mol. The predicted molar refractivity (Wildman–Crippen MR) is 69.8 cm³/mol. The number of para-hydroxylation sites is 1. The van der Waals surface area contributed by atoms with E-state index in [1.54, 1.807) is 7.11 Å². The SMILES string of the molecule is COC1CC(=O)NCCC12C(=O)Nc1ccccc12. The summed E-state index contributed by atoms with van der Waals surface area (Å²) < 4.78 is 5.48. The van der Waals surface area contributed by atoms with Gasteiger partial charge in [0.05, 0.1) is 12.5 Å². The van der Waals surface area contributed by atoms with Gasteiger partial charge in [-0.1, -0.05) is 18.2 Å². The zero-order valence-electron chi connectivity index (χ0n) is 10.7. The lowest BCUT2D eigenvalue weighted by Gasteiger charge is -2.32. The predicted octanol–water partition coefficient (Wildman–Crippen LogP) is 0.801. The Bertz CT molecular complexity index is 543. The van der Waals surface area contributed by atoms with Gasteiger partial charge in [0.15, 0.2) is 0 Å². The van der Waals surface area contributed by atoms with Crippen molar-refractivity contribution in [3.63, 3.8) is 0 Å². The van der Waals surface area contributed by atoms with Crippen LogP contribution in [0.4, 0.5) is 5.69 Å². The van der Waals surface area contributed by atoms with Crippen LogP contribution in [0.15, 0.2) is 24.3 Å². The number of hydrogen-bond acceptors (Lipinski definition) is 3. The number of carbonyl (C=O) groups excluding carboxylic acids is 2. The first-order valence-electron chi connectivity index (χ1n) is 6.39. The van der Waals surface area contributed by atoms with Crippen molar-refractivity contribution in [1.29, 1.82) is 0 Å². The lowest BCUT2D eigenvalue weighted by Crippen LogP contribution is -2.46. The highest BCUT2D eigenvalue weighted by Gasteiger charge is 2.53. The van der Waals surface area contributed by atoms with Crippen LogP contribution in [0.1, 0.15) is 18.4 Å². The van der Waals surface area contributed by atoms with E-state index in [4.69, 9.17) is 4.74 Å². The van der Waals surface area contributed by atoms with Gasteiger partial charge in [0.25, 0.3) is 0 Å². The Balaban J connectivity index is 2.14. The van der Waals surface area contributed by atoms with Crippen LogP contribution in [-0.4, -0.2) is 31.6 Å². The Morgan fingerprint density at radius 1 is 1.32 bits per heavy atom. The summed E-state index contributed by atoms with van der Waals surface area (Å²) in [6.45, 7) is 0.487. The topological polar surface area (TPSA) is 67.4 Å². The van der Waals surface area contributed by atoms with E-state index in [2.05, 4.69) is 10.6 Å². The fourth-order valence-electron chi connectivity index (χ4n) is 3.16. The molecular formula is C14H16N2O3. The average Bonchev–Trinajstić information content (AvgIpc) is 2.58. The molecule has 1 fully saturated rings. The van der Waals surface area contributed by atoms with Crippen molar-refractivity contribution in [2.45, 2.75) is 24.4 Å². The summed E-state index contributed by atoms with van der Waals surface area (Å²) in [4.78, 5) is 24.2. The van der Waals surface area contributed by atoms with Gasteiger partial charge in [0.1, 0.15) is 5.41 Å². The largest absolute Gasteiger partial charge is 0.379 e. The highest BCUT2D eigenvalue weighted by atomic mass is 16.5. The third kappa shape index (κ3) is 1.65. The third-order valence-electron chi connectivity index (χ3n) is 4.11. The summed E-state index contributed by atoms with van der Waals surface area (Å²) in [5.41, 5.74) is 0.997. The van der Waals surface area contributed by atoms with Crippen molar-refractivity contribution in [1.82, 2.24) is 5.32 Å². The minimum atomic E-state index is -0.759. The zero-order chi connectivity index (χ0) is 13.5. The minimum absolute atomic E-state index is 0.0686. The van der Waals surface area contributed by atoms with Crippen molar-refractivity contribution < 1.29 is 14.3 Å². The second-order valence-corrected chi connectivity index (χ2v) is 5.00. The summed E-state index contributed by atoms with van der Waals surface area (Å²) in [6.07, 6.45) is 0.330. The Morgan fingerprint density at radius 3 is 2.89 bits per heavy atom. The third-order valence-corrected chi connectivity index (χ3v) is 4.11. The number of nitrogens with one attached hydrogen (secondary N) is 2. The monoisotopic (exact) mass is 260 g/mol.